The molecule has 0 radical (unpaired) electrons. The van der Waals surface area contributed by atoms with Crippen molar-refractivity contribution in [2.24, 2.45) is 0 Å². The zero-order valence-electron chi connectivity index (χ0n) is 31.4. The van der Waals surface area contributed by atoms with Gasteiger partial charge in [-0.05, 0) is 114 Å². The van der Waals surface area contributed by atoms with Gasteiger partial charge >= 0.3 is 0 Å². The zero-order chi connectivity index (χ0) is 38.0. The number of benzene rings is 9. The van der Waals surface area contributed by atoms with Gasteiger partial charge in [0, 0.05) is 33.8 Å². The SMILES string of the molecule is c1ccc(-c2c3ccccc3c(-c3ccc4c(c3)C3(c5ccccc5-c5cc6c7ccccc7n(-c7ccccc7)c6cc53)c3ccnnc3-4)c3ccccc23)cc1. The molecule has 2 aliphatic rings. The van der Waals surface area contributed by atoms with Crippen LogP contribution in [-0.4, -0.2) is 14.8 Å². The van der Waals surface area contributed by atoms with Crippen LogP contribution in [0.5, 0.6) is 0 Å². The number of aromatic nitrogens is 3. The molecule has 9 aromatic carbocycles. The summed E-state index contributed by atoms with van der Waals surface area (Å²) in [5, 5.41) is 16.9. The Morgan fingerprint density at radius 2 is 0.966 bits per heavy atom. The topological polar surface area (TPSA) is 30.7 Å². The lowest BCUT2D eigenvalue weighted by atomic mass is 9.70. The van der Waals surface area contributed by atoms with Crippen LogP contribution in [0.25, 0.3) is 93.7 Å². The van der Waals surface area contributed by atoms with E-state index in [0.29, 0.717) is 0 Å². The molecule has 0 saturated heterocycles. The first-order valence-electron chi connectivity index (χ1n) is 20.0. The summed E-state index contributed by atoms with van der Waals surface area (Å²) in [5.74, 6) is 0. The molecule has 0 N–H and O–H groups in total. The first-order valence-corrected chi connectivity index (χ1v) is 20.0. The van der Waals surface area contributed by atoms with E-state index in [1.165, 1.54) is 99.0 Å². The number of nitrogens with zero attached hydrogens (tertiary/aromatic N) is 3. The van der Waals surface area contributed by atoms with Gasteiger partial charge in [-0.1, -0.05) is 152 Å². The van der Waals surface area contributed by atoms with Gasteiger partial charge in [0.25, 0.3) is 0 Å². The van der Waals surface area contributed by atoms with E-state index in [2.05, 4.69) is 204 Å². The Morgan fingerprint density at radius 1 is 0.362 bits per heavy atom. The molecule has 1 unspecified atom stereocenters. The Morgan fingerprint density at radius 3 is 1.71 bits per heavy atom. The van der Waals surface area contributed by atoms with Crippen molar-refractivity contribution in [1.29, 1.82) is 0 Å². The predicted octanol–water partition coefficient (Wildman–Crippen LogP) is 13.6. The number of fused-ring (bicyclic) bond motifs is 15. The number of rotatable bonds is 3. The zero-order valence-corrected chi connectivity index (χ0v) is 31.4. The van der Waals surface area contributed by atoms with Crippen LogP contribution in [0, 0.1) is 0 Å². The molecule has 13 rings (SSSR count). The van der Waals surface area contributed by atoms with E-state index in [1.807, 2.05) is 6.20 Å². The van der Waals surface area contributed by atoms with Crippen LogP contribution < -0.4 is 0 Å². The Labute approximate surface area is 335 Å². The van der Waals surface area contributed by atoms with Gasteiger partial charge < -0.3 is 4.57 Å². The largest absolute Gasteiger partial charge is 0.309 e. The molecule has 0 amide bonds. The lowest BCUT2D eigenvalue weighted by Gasteiger charge is -2.30. The fraction of sp³-hybridized carbons (Fsp3) is 0.0182. The Bertz CT molecular complexity index is 3450. The minimum atomic E-state index is -0.607. The highest BCUT2D eigenvalue weighted by Crippen LogP contribution is 2.63. The van der Waals surface area contributed by atoms with Crippen LogP contribution >= 0.6 is 0 Å². The van der Waals surface area contributed by atoms with Gasteiger partial charge in [-0.15, -0.1) is 0 Å². The molecular formula is C55H33N3. The molecule has 0 aliphatic heterocycles. The third-order valence-electron chi connectivity index (χ3n) is 12.9. The summed E-state index contributed by atoms with van der Waals surface area (Å²) < 4.78 is 2.44. The Balaban J connectivity index is 1.15. The van der Waals surface area contributed by atoms with Crippen molar-refractivity contribution in [2.75, 3.05) is 0 Å². The first kappa shape index (κ1) is 31.6. The Hall–Kier alpha value is -7.62. The monoisotopic (exact) mass is 735 g/mol. The smallest absolute Gasteiger partial charge is 0.0980 e. The maximum absolute atomic E-state index is 4.92. The summed E-state index contributed by atoms with van der Waals surface area (Å²) in [7, 11) is 0. The molecule has 58 heavy (non-hydrogen) atoms. The van der Waals surface area contributed by atoms with Crippen molar-refractivity contribution < 1.29 is 0 Å². The molecule has 268 valence electrons. The van der Waals surface area contributed by atoms with Gasteiger partial charge in [0.15, 0.2) is 0 Å². The molecule has 2 aliphatic carbocycles. The quantitative estimate of drug-likeness (QED) is 0.169. The van der Waals surface area contributed by atoms with Crippen LogP contribution in [0.1, 0.15) is 22.3 Å². The van der Waals surface area contributed by atoms with Crippen molar-refractivity contribution in [3.8, 4) is 50.3 Å². The van der Waals surface area contributed by atoms with E-state index in [1.54, 1.807) is 0 Å². The van der Waals surface area contributed by atoms with Crippen molar-refractivity contribution in [3.63, 3.8) is 0 Å². The van der Waals surface area contributed by atoms with E-state index in [4.69, 9.17) is 5.10 Å². The van der Waals surface area contributed by atoms with Gasteiger partial charge in [-0.2, -0.15) is 10.2 Å². The number of hydrogen-bond acceptors (Lipinski definition) is 2. The van der Waals surface area contributed by atoms with Crippen molar-refractivity contribution in [2.45, 2.75) is 5.41 Å². The fourth-order valence-electron chi connectivity index (χ4n) is 10.7. The average molecular weight is 736 g/mol. The van der Waals surface area contributed by atoms with Gasteiger partial charge in [0.2, 0.25) is 0 Å². The maximum atomic E-state index is 4.92. The van der Waals surface area contributed by atoms with Crippen molar-refractivity contribution >= 4 is 43.4 Å². The summed E-state index contributed by atoms with van der Waals surface area (Å²) in [4.78, 5) is 0. The molecule has 1 atom stereocenters. The van der Waals surface area contributed by atoms with E-state index in [9.17, 15) is 0 Å². The van der Waals surface area contributed by atoms with Crippen LogP contribution in [-0.2, 0) is 5.41 Å². The third-order valence-corrected chi connectivity index (χ3v) is 12.9. The van der Waals surface area contributed by atoms with Crippen molar-refractivity contribution in [3.05, 3.63) is 223 Å². The second kappa shape index (κ2) is 11.7. The molecule has 2 heterocycles. The summed E-state index contributed by atoms with van der Waals surface area (Å²) >= 11 is 0. The molecule has 0 fully saturated rings. The molecule has 0 bridgehead atoms. The molecule has 2 aromatic heterocycles. The minimum Gasteiger partial charge on any atom is -0.309 e. The highest BCUT2D eigenvalue weighted by Gasteiger charge is 2.53. The minimum absolute atomic E-state index is 0.607. The van der Waals surface area contributed by atoms with Crippen LogP contribution in [0.3, 0.4) is 0 Å². The summed E-state index contributed by atoms with van der Waals surface area (Å²) in [5.41, 5.74) is 17.5. The molecule has 3 heteroatoms. The highest BCUT2D eigenvalue weighted by molar-refractivity contribution is 6.21. The van der Waals surface area contributed by atoms with Gasteiger partial charge in [0.05, 0.1) is 22.1 Å². The molecule has 11 aromatic rings. The van der Waals surface area contributed by atoms with Crippen LogP contribution in [0.4, 0.5) is 0 Å². The summed E-state index contributed by atoms with van der Waals surface area (Å²) in [6, 6.07) is 71.6. The van der Waals surface area contributed by atoms with E-state index in [-0.39, 0.29) is 0 Å². The highest BCUT2D eigenvalue weighted by atomic mass is 15.1. The summed E-state index contributed by atoms with van der Waals surface area (Å²) in [6.07, 6.45) is 1.87. The van der Waals surface area contributed by atoms with Crippen LogP contribution in [0.2, 0.25) is 0 Å². The third kappa shape index (κ3) is 4.02. The molecule has 1 spiro atoms. The average Bonchev–Trinajstić information content (AvgIpc) is 3.89. The number of hydrogen-bond donors (Lipinski definition) is 0. The molecule has 3 nitrogen and oxygen atoms in total. The lowest BCUT2D eigenvalue weighted by molar-refractivity contribution is 0.787. The predicted molar refractivity (Wildman–Crippen MR) is 239 cm³/mol. The van der Waals surface area contributed by atoms with Gasteiger partial charge in [-0.25, -0.2) is 0 Å². The summed E-state index contributed by atoms with van der Waals surface area (Å²) in [6.45, 7) is 0. The second-order valence-electron chi connectivity index (χ2n) is 15.7. The van der Waals surface area contributed by atoms with E-state index in [0.717, 1.165) is 16.9 Å². The standard InChI is InChI=1S/C55H33N3/c1-3-15-34(16-4-1)52-39-21-7-9-23-41(39)53(42-24-10-8-22-40(42)52)35-27-28-43-48(31-35)55(47-29-30-56-57-54(43)47)46-25-13-11-19-37(46)44-32-45-38-20-12-14-26-50(38)58(51(45)33-49(44)55)36-17-5-2-6-18-36/h1-33H. The maximum Gasteiger partial charge on any atom is 0.0980 e. The molecular weight excluding hydrogens is 703 g/mol. The van der Waals surface area contributed by atoms with Gasteiger partial charge in [0.1, 0.15) is 0 Å². The van der Waals surface area contributed by atoms with Gasteiger partial charge in [-0.3, -0.25) is 0 Å². The second-order valence-corrected chi connectivity index (χ2v) is 15.7. The Kier molecular flexibility index (Phi) is 6.37. The van der Waals surface area contributed by atoms with E-state index >= 15 is 0 Å². The first-order chi connectivity index (χ1) is 28.8. The normalized spacial score (nSPS) is 15.0. The lowest BCUT2D eigenvalue weighted by Crippen LogP contribution is -2.26. The number of para-hydroxylation sites is 2. The van der Waals surface area contributed by atoms with Crippen LogP contribution in [0.15, 0.2) is 200 Å². The van der Waals surface area contributed by atoms with Crippen molar-refractivity contribution in [1.82, 2.24) is 14.8 Å². The van der Waals surface area contributed by atoms with E-state index < -0.39 is 5.41 Å². The molecule has 0 saturated carbocycles. The fourth-order valence-corrected chi connectivity index (χ4v) is 10.7.